The van der Waals surface area contributed by atoms with Gasteiger partial charge in [0.05, 0.1) is 18.5 Å². The average Bonchev–Trinajstić information content (AvgIpc) is 2.75. The van der Waals surface area contributed by atoms with Gasteiger partial charge in [0, 0.05) is 30.4 Å². The summed E-state index contributed by atoms with van der Waals surface area (Å²) >= 11 is 0. The molecule has 3 aromatic rings. The number of amides is 2. The Morgan fingerprint density at radius 1 is 0.793 bits per heavy atom. The monoisotopic (exact) mass is 388 g/mol. The van der Waals surface area contributed by atoms with Crippen LogP contribution < -0.4 is 10.6 Å². The van der Waals surface area contributed by atoms with Gasteiger partial charge in [0.25, 0.3) is 5.91 Å². The third-order valence-electron chi connectivity index (χ3n) is 4.75. The number of hydrogen-bond acceptors (Lipinski definition) is 4. The fourth-order valence-electron chi connectivity index (χ4n) is 3.11. The summed E-state index contributed by atoms with van der Waals surface area (Å²) in [6.07, 6.45) is 6.91. The molecular weight excluding hydrogens is 364 g/mol. The van der Waals surface area contributed by atoms with Crippen molar-refractivity contribution in [1.82, 2.24) is 20.6 Å². The minimum absolute atomic E-state index is 0.128. The number of hydrogen-bond donors (Lipinski definition) is 2. The van der Waals surface area contributed by atoms with E-state index in [1.165, 1.54) is 0 Å². The molecule has 2 aromatic heterocycles. The summed E-state index contributed by atoms with van der Waals surface area (Å²) in [6, 6.07) is 14.3. The maximum atomic E-state index is 12.8. The molecule has 2 amide bonds. The summed E-state index contributed by atoms with van der Waals surface area (Å²) in [7, 11) is 0. The maximum Gasteiger partial charge on any atom is 0.252 e. The molecule has 0 aliphatic carbocycles. The van der Waals surface area contributed by atoms with Crippen LogP contribution in [0, 0.1) is 0 Å². The Labute approximate surface area is 170 Å². The number of carbonyl (C=O) groups excluding carboxylic acids is 2. The zero-order valence-electron chi connectivity index (χ0n) is 16.5. The van der Waals surface area contributed by atoms with E-state index in [2.05, 4.69) is 20.6 Å². The van der Waals surface area contributed by atoms with Gasteiger partial charge in [0.1, 0.15) is 0 Å². The lowest BCUT2D eigenvalue weighted by atomic mass is 10.0. The predicted molar refractivity (Wildman–Crippen MR) is 111 cm³/mol. The lowest BCUT2D eigenvalue weighted by Gasteiger charge is -2.17. The number of benzene rings is 1. The van der Waals surface area contributed by atoms with Crippen LogP contribution in [0.2, 0.25) is 0 Å². The number of rotatable bonds is 7. The molecule has 0 bridgehead atoms. The van der Waals surface area contributed by atoms with Gasteiger partial charge in [-0.25, -0.2) is 0 Å². The molecule has 0 fully saturated rings. The number of aromatic nitrogens is 2. The first-order valence-corrected chi connectivity index (χ1v) is 9.52. The predicted octanol–water partition coefficient (Wildman–Crippen LogP) is 3.39. The zero-order chi connectivity index (χ0) is 20.6. The highest BCUT2D eigenvalue weighted by atomic mass is 16.2. The summed E-state index contributed by atoms with van der Waals surface area (Å²) in [5.74, 6) is -0.350. The van der Waals surface area contributed by atoms with Crippen molar-refractivity contribution < 1.29 is 9.59 Å². The summed E-state index contributed by atoms with van der Waals surface area (Å²) < 4.78 is 0. The number of carbonyl (C=O) groups is 2. The van der Waals surface area contributed by atoms with Crippen LogP contribution in [-0.2, 0) is 11.2 Å². The van der Waals surface area contributed by atoms with Crippen molar-refractivity contribution in [2.75, 3.05) is 0 Å². The number of nitrogens with zero attached hydrogens (tertiary/aromatic N) is 2. The first-order chi connectivity index (χ1) is 14.0. The highest BCUT2D eigenvalue weighted by Crippen LogP contribution is 2.16. The van der Waals surface area contributed by atoms with Gasteiger partial charge in [-0.2, -0.15) is 0 Å². The van der Waals surface area contributed by atoms with Crippen molar-refractivity contribution in [3.63, 3.8) is 0 Å². The molecule has 0 aliphatic heterocycles. The molecular formula is C23H24N4O2. The molecule has 2 N–H and O–H groups in total. The van der Waals surface area contributed by atoms with Crippen molar-refractivity contribution in [1.29, 1.82) is 0 Å². The Hall–Kier alpha value is -3.54. The molecule has 2 heterocycles. The van der Waals surface area contributed by atoms with Crippen LogP contribution in [0.1, 0.15) is 53.0 Å². The SMILES string of the molecule is C[C@H](NC(=O)c1ccccc1CC(=O)N[C@H](C)c1ccncc1)c1ccncc1. The first-order valence-electron chi connectivity index (χ1n) is 9.52. The smallest absolute Gasteiger partial charge is 0.252 e. The molecule has 0 aliphatic rings. The molecule has 148 valence electrons. The van der Waals surface area contributed by atoms with Crippen molar-refractivity contribution in [3.05, 3.63) is 95.6 Å². The van der Waals surface area contributed by atoms with Crippen LogP contribution >= 0.6 is 0 Å². The van der Waals surface area contributed by atoms with Crippen LogP contribution in [0.5, 0.6) is 0 Å². The first kappa shape index (κ1) is 20.2. The largest absolute Gasteiger partial charge is 0.349 e. The van der Waals surface area contributed by atoms with Gasteiger partial charge in [-0.05, 0) is 60.9 Å². The molecule has 6 heteroatoms. The molecule has 0 radical (unpaired) electrons. The van der Waals surface area contributed by atoms with Crippen LogP contribution in [0.25, 0.3) is 0 Å². The molecule has 6 nitrogen and oxygen atoms in total. The minimum Gasteiger partial charge on any atom is -0.349 e. The van der Waals surface area contributed by atoms with Crippen molar-refractivity contribution in [3.8, 4) is 0 Å². The Kier molecular flexibility index (Phi) is 6.68. The number of nitrogens with one attached hydrogen (secondary N) is 2. The van der Waals surface area contributed by atoms with Gasteiger partial charge in [0.15, 0.2) is 0 Å². The molecule has 0 saturated heterocycles. The lowest BCUT2D eigenvalue weighted by Crippen LogP contribution is -2.30. The van der Waals surface area contributed by atoms with E-state index in [-0.39, 0.29) is 30.3 Å². The molecule has 0 unspecified atom stereocenters. The fourth-order valence-corrected chi connectivity index (χ4v) is 3.11. The topological polar surface area (TPSA) is 84.0 Å². The highest BCUT2D eigenvalue weighted by molar-refractivity contribution is 5.97. The summed E-state index contributed by atoms with van der Waals surface area (Å²) in [6.45, 7) is 3.83. The van der Waals surface area contributed by atoms with Gasteiger partial charge in [0.2, 0.25) is 5.91 Å². The van der Waals surface area contributed by atoms with E-state index in [1.807, 2.05) is 50.2 Å². The van der Waals surface area contributed by atoms with E-state index in [9.17, 15) is 9.59 Å². The Morgan fingerprint density at radius 3 is 1.90 bits per heavy atom. The Balaban J connectivity index is 1.66. The minimum atomic E-state index is -0.208. The standard InChI is InChI=1S/C23H24N4O2/c1-16(18-7-11-24-12-8-18)26-22(28)15-20-5-3-4-6-21(20)23(29)27-17(2)19-9-13-25-14-10-19/h3-14,16-17H,15H2,1-2H3,(H,26,28)(H,27,29)/t16-,17+/m1/s1. The van der Waals surface area contributed by atoms with Crippen LogP contribution in [0.4, 0.5) is 0 Å². The van der Waals surface area contributed by atoms with Crippen molar-refractivity contribution in [2.45, 2.75) is 32.4 Å². The van der Waals surface area contributed by atoms with Gasteiger partial charge in [-0.1, -0.05) is 18.2 Å². The second kappa shape index (κ2) is 9.59. The molecule has 0 spiro atoms. The third kappa shape index (κ3) is 5.48. The molecule has 29 heavy (non-hydrogen) atoms. The van der Waals surface area contributed by atoms with Gasteiger partial charge in [-0.15, -0.1) is 0 Å². The van der Waals surface area contributed by atoms with Crippen LogP contribution in [0.3, 0.4) is 0 Å². The average molecular weight is 388 g/mol. The van der Waals surface area contributed by atoms with Crippen molar-refractivity contribution >= 4 is 11.8 Å². The summed E-state index contributed by atoms with van der Waals surface area (Å²) in [4.78, 5) is 33.3. The van der Waals surface area contributed by atoms with E-state index in [4.69, 9.17) is 0 Å². The van der Waals surface area contributed by atoms with E-state index in [1.54, 1.807) is 36.9 Å². The van der Waals surface area contributed by atoms with Crippen LogP contribution in [0.15, 0.2) is 73.3 Å². The Bertz CT molecular complexity index is 961. The molecule has 1 aromatic carbocycles. The summed E-state index contributed by atoms with van der Waals surface area (Å²) in [5.41, 5.74) is 3.13. The van der Waals surface area contributed by atoms with Gasteiger partial charge < -0.3 is 10.6 Å². The number of pyridine rings is 2. The molecule has 2 atom stereocenters. The van der Waals surface area contributed by atoms with Crippen LogP contribution in [-0.4, -0.2) is 21.8 Å². The fraction of sp³-hybridized carbons (Fsp3) is 0.217. The van der Waals surface area contributed by atoms with Crippen molar-refractivity contribution in [2.24, 2.45) is 0 Å². The van der Waals surface area contributed by atoms with E-state index in [0.29, 0.717) is 11.1 Å². The van der Waals surface area contributed by atoms with Gasteiger partial charge >= 0.3 is 0 Å². The second-order valence-electron chi connectivity index (χ2n) is 6.88. The quantitative estimate of drug-likeness (QED) is 0.650. The lowest BCUT2D eigenvalue weighted by molar-refractivity contribution is -0.121. The zero-order valence-corrected chi connectivity index (χ0v) is 16.5. The van der Waals surface area contributed by atoms with E-state index < -0.39 is 0 Å². The summed E-state index contributed by atoms with van der Waals surface area (Å²) in [5, 5.41) is 5.96. The van der Waals surface area contributed by atoms with Gasteiger partial charge in [-0.3, -0.25) is 19.6 Å². The Morgan fingerprint density at radius 2 is 1.31 bits per heavy atom. The van der Waals surface area contributed by atoms with E-state index in [0.717, 1.165) is 11.1 Å². The highest BCUT2D eigenvalue weighted by Gasteiger charge is 2.17. The third-order valence-corrected chi connectivity index (χ3v) is 4.75. The maximum absolute atomic E-state index is 12.8. The van der Waals surface area contributed by atoms with E-state index >= 15 is 0 Å². The molecule has 0 saturated carbocycles. The normalized spacial score (nSPS) is 12.6. The second-order valence-corrected chi connectivity index (χ2v) is 6.88. The molecule has 3 rings (SSSR count).